The molecule has 2 aromatic rings. The van der Waals surface area contributed by atoms with E-state index in [2.05, 4.69) is 21.2 Å². The summed E-state index contributed by atoms with van der Waals surface area (Å²) < 4.78 is 0.753. The highest BCUT2D eigenvalue weighted by Crippen LogP contribution is 2.32. The standard InChI is InChI=1S/C17H14BrNO2/c18-15-4-2-1-3-14(15)17(21)19-13-9-7-12(8-10-13)16(20)11-5-6-11/h1-4,7-11H,5-6H2,(H,19,21). The van der Waals surface area contributed by atoms with Crippen LogP contribution in [0.4, 0.5) is 5.69 Å². The van der Waals surface area contributed by atoms with Gasteiger partial charge < -0.3 is 5.32 Å². The molecule has 3 nitrogen and oxygen atoms in total. The molecule has 1 fully saturated rings. The number of amides is 1. The molecule has 0 spiro atoms. The number of Topliss-reactive ketones (excluding diaryl/α,β-unsaturated/α-hetero) is 1. The van der Waals surface area contributed by atoms with Crippen molar-refractivity contribution >= 4 is 33.3 Å². The molecule has 4 heteroatoms. The van der Waals surface area contributed by atoms with Gasteiger partial charge in [0.1, 0.15) is 0 Å². The highest BCUT2D eigenvalue weighted by molar-refractivity contribution is 9.10. The van der Waals surface area contributed by atoms with Gasteiger partial charge in [-0.1, -0.05) is 12.1 Å². The second-order valence-corrected chi connectivity index (χ2v) is 6.00. The Morgan fingerprint density at radius 3 is 2.29 bits per heavy atom. The molecular formula is C17H14BrNO2. The van der Waals surface area contributed by atoms with E-state index in [0.29, 0.717) is 11.3 Å². The van der Waals surface area contributed by atoms with Crippen molar-refractivity contribution in [2.45, 2.75) is 12.8 Å². The van der Waals surface area contributed by atoms with Gasteiger partial charge in [-0.2, -0.15) is 0 Å². The normalized spacial score (nSPS) is 13.8. The van der Waals surface area contributed by atoms with Crippen LogP contribution >= 0.6 is 15.9 Å². The van der Waals surface area contributed by atoms with Gasteiger partial charge in [0, 0.05) is 21.6 Å². The number of hydrogen-bond donors (Lipinski definition) is 1. The van der Waals surface area contributed by atoms with Gasteiger partial charge in [0.15, 0.2) is 5.78 Å². The Labute approximate surface area is 131 Å². The van der Waals surface area contributed by atoms with Crippen LogP contribution in [0, 0.1) is 5.92 Å². The topological polar surface area (TPSA) is 46.2 Å². The van der Waals surface area contributed by atoms with Crippen LogP contribution in [-0.2, 0) is 0 Å². The smallest absolute Gasteiger partial charge is 0.256 e. The number of rotatable bonds is 4. The van der Waals surface area contributed by atoms with Crippen LogP contribution in [0.5, 0.6) is 0 Å². The van der Waals surface area contributed by atoms with Crippen LogP contribution in [-0.4, -0.2) is 11.7 Å². The summed E-state index contributed by atoms with van der Waals surface area (Å²) in [6.45, 7) is 0. The average molecular weight is 344 g/mol. The van der Waals surface area contributed by atoms with Crippen LogP contribution in [0.3, 0.4) is 0 Å². The largest absolute Gasteiger partial charge is 0.322 e. The van der Waals surface area contributed by atoms with Crippen LogP contribution in [0.1, 0.15) is 33.6 Å². The van der Waals surface area contributed by atoms with E-state index in [1.807, 2.05) is 18.2 Å². The van der Waals surface area contributed by atoms with Crippen molar-refractivity contribution in [3.05, 3.63) is 64.1 Å². The first kappa shape index (κ1) is 14.0. The maximum Gasteiger partial charge on any atom is 0.256 e. The van der Waals surface area contributed by atoms with Crippen molar-refractivity contribution in [1.29, 1.82) is 0 Å². The molecule has 1 saturated carbocycles. The molecule has 106 valence electrons. The van der Waals surface area contributed by atoms with Gasteiger partial charge in [-0.05, 0) is 65.2 Å². The number of benzene rings is 2. The monoisotopic (exact) mass is 343 g/mol. The third-order valence-electron chi connectivity index (χ3n) is 3.49. The molecule has 0 radical (unpaired) electrons. The average Bonchev–Trinajstić information content (AvgIpc) is 3.32. The lowest BCUT2D eigenvalue weighted by atomic mass is 10.1. The minimum Gasteiger partial charge on any atom is -0.322 e. The van der Waals surface area contributed by atoms with Gasteiger partial charge in [-0.15, -0.1) is 0 Å². The molecule has 21 heavy (non-hydrogen) atoms. The van der Waals surface area contributed by atoms with Gasteiger partial charge in [-0.3, -0.25) is 9.59 Å². The Bertz CT molecular complexity index is 690. The Kier molecular flexibility index (Phi) is 3.88. The van der Waals surface area contributed by atoms with Crippen molar-refractivity contribution in [2.24, 2.45) is 5.92 Å². The molecule has 2 aromatic carbocycles. The molecule has 1 amide bonds. The molecule has 1 aliphatic rings. The first-order chi connectivity index (χ1) is 10.1. The summed E-state index contributed by atoms with van der Waals surface area (Å²) in [6.07, 6.45) is 2.00. The van der Waals surface area contributed by atoms with E-state index >= 15 is 0 Å². The maximum absolute atomic E-state index is 12.2. The number of halogens is 1. The second kappa shape index (κ2) is 5.82. The zero-order valence-electron chi connectivity index (χ0n) is 11.3. The van der Waals surface area contributed by atoms with Gasteiger partial charge in [0.2, 0.25) is 0 Å². The molecule has 0 bridgehead atoms. The summed E-state index contributed by atoms with van der Waals surface area (Å²) >= 11 is 3.36. The maximum atomic E-state index is 12.2. The number of ketones is 1. The predicted molar refractivity (Wildman–Crippen MR) is 85.6 cm³/mol. The van der Waals surface area contributed by atoms with Crippen LogP contribution < -0.4 is 5.32 Å². The molecule has 0 unspecified atom stereocenters. The highest BCUT2D eigenvalue weighted by Gasteiger charge is 2.30. The Morgan fingerprint density at radius 2 is 1.67 bits per heavy atom. The lowest BCUT2D eigenvalue weighted by Gasteiger charge is -2.07. The first-order valence-corrected chi connectivity index (χ1v) is 7.64. The molecule has 0 aromatic heterocycles. The summed E-state index contributed by atoms with van der Waals surface area (Å²) in [5.41, 5.74) is 1.98. The van der Waals surface area contributed by atoms with E-state index in [1.54, 1.807) is 30.3 Å². The van der Waals surface area contributed by atoms with Crippen molar-refractivity contribution in [2.75, 3.05) is 5.32 Å². The van der Waals surface area contributed by atoms with Crippen LogP contribution in [0.25, 0.3) is 0 Å². The van der Waals surface area contributed by atoms with Gasteiger partial charge in [-0.25, -0.2) is 0 Å². The Morgan fingerprint density at radius 1 is 1.00 bits per heavy atom. The Balaban J connectivity index is 1.72. The zero-order chi connectivity index (χ0) is 14.8. The number of anilines is 1. The van der Waals surface area contributed by atoms with Gasteiger partial charge in [0.05, 0.1) is 5.56 Å². The fourth-order valence-corrected chi connectivity index (χ4v) is 2.61. The molecule has 0 heterocycles. The molecule has 1 N–H and O–H groups in total. The second-order valence-electron chi connectivity index (χ2n) is 5.15. The van der Waals surface area contributed by atoms with Crippen molar-refractivity contribution < 1.29 is 9.59 Å². The molecular weight excluding hydrogens is 330 g/mol. The quantitative estimate of drug-likeness (QED) is 0.841. The number of carbonyl (C=O) groups excluding carboxylic acids is 2. The predicted octanol–water partition coefficient (Wildman–Crippen LogP) is 4.29. The molecule has 0 saturated heterocycles. The minimum absolute atomic E-state index is 0.177. The third kappa shape index (κ3) is 3.22. The van der Waals surface area contributed by atoms with E-state index in [4.69, 9.17) is 0 Å². The molecule has 0 aliphatic heterocycles. The lowest BCUT2D eigenvalue weighted by Crippen LogP contribution is -2.12. The number of hydrogen-bond acceptors (Lipinski definition) is 2. The fourth-order valence-electron chi connectivity index (χ4n) is 2.14. The van der Waals surface area contributed by atoms with E-state index in [-0.39, 0.29) is 17.6 Å². The summed E-state index contributed by atoms with van der Waals surface area (Å²) in [4.78, 5) is 24.1. The van der Waals surface area contributed by atoms with E-state index in [0.717, 1.165) is 22.9 Å². The molecule has 3 rings (SSSR count). The Hall–Kier alpha value is -1.94. The summed E-state index contributed by atoms with van der Waals surface area (Å²) in [7, 11) is 0. The number of carbonyl (C=O) groups is 2. The molecule has 1 aliphatic carbocycles. The summed E-state index contributed by atoms with van der Waals surface area (Å²) in [5.74, 6) is 0.244. The van der Waals surface area contributed by atoms with E-state index in [1.165, 1.54) is 0 Å². The van der Waals surface area contributed by atoms with Crippen molar-refractivity contribution in [3.63, 3.8) is 0 Å². The summed E-state index contributed by atoms with van der Waals surface area (Å²) in [5, 5.41) is 2.83. The fraction of sp³-hybridized carbons (Fsp3) is 0.176. The summed E-state index contributed by atoms with van der Waals surface area (Å²) in [6, 6.07) is 14.3. The van der Waals surface area contributed by atoms with Gasteiger partial charge >= 0.3 is 0 Å². The van der Waals surface area contributed by atoms with Crippen LogP contribution in [0.2, 0.25) is 0 Å². The highest BCUT2D eigenvalue weighted by atomic mass is 79.9. The van der Waals surface area contributed by atoms with Crippen LogP contribution in [0.15, 0.2) is 53.0 Å². The number of nitrogens with one attached hydrogen (secondary N) is 1. The SMILES string of the molecule is O=C(Nc1ccc(C(=O)C2CC2)cc1)c1ccccc1Br. The van der Waals surface area contributed by atoms with Gasteiger partial charge in [0.25, 0.3) is 5.91 Å². The third-order valence-corrected chi connectivity index (χ3v) is 4.19. The van der Waals surface area contributed by atoms with Crippen molar-refractivity contribution in [1.82, 2.24) is 0 Å². The molecule has 0 atom stereocenters. The van der Waals surface area contributed by atoms with E-state index < -0.39 is 0 Å². The zero-order valence-corrected chi connectivity index (χ0v) is 12.9. The minimum atomic E-state index is -0.177. The van der Waals surface area contributed by atoms with Crippen molar-refractivity contribution in [3.8, 4) is 0 Å². The van der Waals surface area contributed by atoms with E-state index in [9.17, 15) is 9.59 Å². The lowest BCUT2D eigenvalue weighted by molar-refractivity contribution is 0.0967. The first-order valence-electron chi connectivity index (χ1n) is 6.85.